The lowest BCUT2D eigenvalue weighted by Gasteiger charge is -2.12. The molecule has 0 aliphatic carbocycles. The van der Waals surface area contributed by atoms with Crippen molar-refractivity contribution in [1.29, 1.82) is 0 Å². The number of hydrogen-bond donors (Lipinski definition) is 2. The first-order valence-corrected chi connectivity index (χ1v) is 8.84. The molecule has 0 bridgehead atoms. The first-order valence-electron chi connectivity index (χ1n) is 8.43. The summed E-state index contributed by atoms with van der Waals surface area (Å²) in [5.74, 6) is 0.566. The van der Waals surface area contributed by atoms with Gasteiger partial charge in [0.2, 0.25) is 0 Å². The highest BCUT2D eigenvalue weighted by Gasteiger charge is 2.15. The molecule has 2 rings (SSSR count). The van der Waals surface area contributed by atoms with Crippen LogP contribution in [0.5, 0.6) is 11.5 Å². The molecule has 0 atom stereocenters. The molecule has 0 unspecified atom stereocenters. The molecule has 0 amide bonds. The van der Waals surface area contributed by atoms with Gasteiger partial charge in [-0.05, 0) is 42.4 Å². The fourth-order valence-electron chi connectivity index (χ4n) is 2.36. The Bertz CT molecular complexity index is 917. The smallest absolute Gasteiger partial charge is 0.339 e. The molecule has 0 fully saturated rings. The number of aromatic nitrogens is 2. The van der Waals surface area contributed by atoms with Crippen LogP contribution in [0, 0.1) is 4.77 Å². The normalized spacial score (nSPS) is 11.1. The van der Waals surface area contributed by atoms with Gasteiger partial charge in [-0.2, -0.15) is 0 Å². The summed E-state index contributed by atoms with van der Waals surface area (Å²) < 4.78 is 16.0. The minimum absolute atomic E-state index is 0.116. The maximum absolute atomic E-state index is 12.2. The molecule has 0 saturated heterocycles. The van der Waals surface area contributed by atoms with Crippen LogP contribution >= 0.6 is 12.2 Å². The molecule has 2 N–H and O–H groups in total. The van der Waals surface area contributed by atoms with E-state index in [1.165, 1.54) is 13.2 Å². The van der Waals surface area contributed by atoms with Gasteiger partial charge < -0.3 is 19.2 Å². The molecule has 2 aromatic rings. The second kappa shape index (κ2) is 9.72. The van der Waals surface area contributed by atoms with E-state index < -0.39 is 11.5 Å². The van der Waals surface area contributed by atoms with Gasteiger partial charge in [-0.15, -0.1) is 0 Å². The fraction of sp³-hybridized carbons (Fsp3) is 0.316. The van der Waals surface area contributed by atoms with Gasteiger partial charge in [0.25, 0.3) is 5.56 Å². The fourth-order valence-corrected chi connectivity index (χ4v) is 2.57. The van der Waals surface area contributed by atoms with Crippen molar-refractivity contribution in [3.05, 3.63) is 50.6 Å². The van der Waals surface area contributed by atoms with Gasteiger partial charge in [-0.25, -0.2) is 4.79 Å². The lowest BCUT2D eigenvalue weighted by atomic mass is 10.1. The number of carbonyl (C=O) groups excluding carboxylic acids is 1. The molecule has 0 aliphatic heterocycles. The van der Waals surface area contributed by atoms with Crippen LogP contribution in [0.15, 0.2) is 29.1 Å². The Balaban J connectivity index is 2.49. The van der Waals surface area contributed by atoms with E-state index in [1.54, 1.807) is 31.4 Å². The van der Waals surface area contributed by atoms with Crippen molar-refractivity contribution in [3.8, 4) is 11.5 Å². The quantitative estimate of drug-likeness (QED) is 0.311. The molecule has 0 saturated carbocycles. The van der Waals surface area contributed by atoms with Gasteiger partial charge in [0.15, 0.2) is 16.3 Å². The van der Waals surface area contributed by atoms with E-state index in [0.717, 1.165) is 12.8 Å². The van der Waals surface area contributed by atoms with Crippen LogP contribution in [0.3, 0.4) is 0 Å². The lowest BCUT2D eigenvalue weighted by molar-refractivity contribution is -0.133. The average Bonchev–Trinajstić information content (AvgIpc) is 2.65. The molecule has 0 aliphatic rings. The molecular weight excluding hydrogens is 368 g/mol. The van der Waals surface area contributed by atoms with Gasteiger partial charge in [-0.3, -0.25) is 9.78 Å². The highest BCUT2D eigenvalue weighted by molar-refractivity contribution is 7.71. The minimum Gasteiger partial charge on any atom is -0.493 e. The van der Waals surface area contributed by atoms with E-state index in [2.05, 4.69) is 16.9 Å². The van der Waals surface area contributed by atoms with Crippen molar-refractivity contribution in [3.63, 3.8) is 0 Å². The number of esters is 1. The van der Waals surface area contributed by atoms with Crippen LogP contribution < -0.4 is 15.0 Å². The third-order valence-electron chi connectivity index (χ3n) is 3.71. The molecule has 0 radical (unpaired) electrons. The Morgan fingerprint density at radius 2 is 1.96 bits per heavy atom. The summed E-state index contributed by atoms with van der Waals surface area (Å²) in [6.45, 7) is 2.64. The van der Waals surface area contributed by atoms with Gasteiger partial charge in [0.05, 0.1) is 32.1 Å². The number of benzene rings is 1. The molecular formula is C19H22N2O5S. The van der Waals surface area contributed by atoms with Crippen LogP contribution in [0.1, 0.15) is 31.0 Å². The average molecular weight is 390 g/mol. The Hall–Kier alpha value is -2.87. The first kappa shape index (κ1) is 20.4. The number of rotatable bonds is 8. The monoisotopic (exact) mass is 390 g/mol. The van der Waals surface area contributed by atoms with Crippen LogP contribution in [0.25, 0.3) is 11.6 Å². The highest BCUT2D eigenvalue weighted by atomic mass is 32.1. The van der Waals surface area contributed by atoms with E-state index in [1.807, 2.05) is 0 Å². The standard InChI is InChI=1S/C19H22N2O5S/c1-4-5-8-26-16-10-12(6-7-15(16)24-2)9-13(18(23)25-3)14-11-17(22)21-19(27)20-14/h6-7,9-11H,4-5,8H2,1-3H3,(H2,20,21,22,27)/b13-9-. The van der Waals surface area contributed by atoms with Gasteiger partial charge >= 0.3 is 5.97 Å². The Morgan fingerprint density at radius 1 is 1.19 bits per heavy atom. The van der Waals surface area contributed by atoms with E-state index in [4.69, 9.17) is 26.4 Å². The van der Waals surface area contributed by atoms with Crippen LogP contribution in [0.4, 0.5) is 0 Å². The summed E-state index contributed by atoms with van der Waals surface area (Å²) in [5, 5.41) is 0. The number of unbranched alkanes of at least 4 members (excludes halogenated alkanes) is 1. The first-order chi connectivity index (χ1) is 13.0. The summed E-state index contributed by atoms with van der Waals surface area (Å²) in [7, 11) is 2.83. The van der Waals surface area contributed by atoms with E-state index in [0.29, 0.717) is 23.7 Å². The molecule has 1 aromatic carbocycles. The van der Waals surface area contributed by atoms with Crippen LogP contribution in [-0.4, -0.2) is 36.8 Å². The SMILES string of the molecule is CCCCOc1cc(/C=C(\C(=O)OC)c2cc(=O)[nH]c(=S)[nH]2)ccc1OC. The zero-order valence-electron chi connectivity index (χ0n) is 15.5. The topological polar surface area (TPSA) is 93.4 Å². The zero-order chi connectivity index (χ0) is 19.8. The van der Waals surface area contributed by atoms with E-state index in [-0.39, 0.29) is 16.0 Å². The van der Waals surface area contributed by atoms with E-state index >= 15 is 0 Å². The predicted octanol–water partition coefficient (Wildman–Crippen LogP) is 3.33. The number of methoxy groups -OCH3 is 2. The molecule has 8 heteroatoms. The second-order valence-corrected chi connectivity index (χ2v) is 6.07. The summed E-state index contributed by atoms with van der Waals surface area (Å²) >= 11 is 4.98. The molecule has 1 heterocycles. The predicted molar refractivity (Wildman–Crippen MR) is 106 cm³/mol. The number of aromatic amines is 2. The van der Waals surface area contributed by atoms with Crippen molar-refractivity contribution in [2.75, 3.05) is 20.8 Å². The maximum Gasteiger partial charge on any atom is 0.339 e. The van der Waals surface area contributed by atoms with Crippen molar-refractivity contribution >= 4 is 29.8 Å². The van der Waals surface area contributed by atoms with Crippen LogP contribution in [-0.2, 0) is 9.53 Å². The molecule has 0 spiro atoms. The summed E-state index contributed by atoms with van der Waals surface area (Å²) in [6, 6.07) is 6.54. The van der Waals surface area contributed by atoms with Crippen molar-refractivity contribution in [2.45, 2.75) is 19.8 Å². The molecule has 1 aromatic heterocycles. The third-order valence-corrected chi connectivity index (χ3v) is 3.91. The highest BCUT2D eigenvalue weighted by Crippen LogP contribution is 2.30. The number of ether oxygens (including phenoxy) is 3. The van der Waals surface area contributed by atoms with Crippen molar-refractivity contribution < 1.29 is 19.0 Å². The lowest BCUT2D eigenvalue weighted by Crippen LogP contribution is -2.12. The number of hydrogen-bond acceptors (Lipinski definition) is 6. The van der Waals surface area contributed by atoms with Crippen molar-refractivity contribution in [2.24, 2.45) is 0 Å². The molecule has 27 heavy (non-hydrogen) atoms. The Labute approximate surface area is 162 Å². The summed E-state index contributed by atoms with van der Waals surface area (Å²) in [5.41, 5.74) is 0.698. The summed E-state index contributed by atoms with van der Waals surface area (Å²) in [4.78, 5) is 29.2. The maximum atomic E-state index is 12.2. The van der Waals surface area contributed by atoms with E-state index in [9.17, 15) is 9.59 Å². The van der Waals surface area contributed by atoms with Gasteiger partial charge in [0, 0.05) is 6.07 Å². The zero-order valence-corrected chi connectivity index (χ0v) is 16.3. The third kappa shape index (κ3) is 5.55. The van der Waals surface area contributed by atoms with Gasteiger partial charge in [0.1, 0.15) is 0 Å². The largest absolute Gasteiger partial charge is 0.493 e. The summed E-state index contributed by atoms with van der Waals surface area (Å²) in [6.07, 6.45) is 3.52. The number of H-pyrrole nitrogens is 2. The van der Waals surface area contributed by atoms with Gasteiger partial charge in [-0.1, -0.05) is 19.4 Å². The van der Waals surface area contributed by atoms with Crippen LogP contribution in [0.2, 0.25) is 0 Å². The molecule has 7 nitrogen and oxygen atoms in total. The number of nitrogens with one attached hydrogen (secondary N) is 2. The second-order valence-electron chi connectivity index (χ2n) is 5.66. The minimum atomic E-state index is -0.601. The van der Waals surface area contributed by atoms with Crippen molar-refractivity contribution in [1.82, 2.24) is 9.97 Å². The Kier molecular flexibility index (Phi) is 7.36. The molecule has 144 valence electrons. The Morgan fingerprint density at radius 3 is 2.59 bits per heavy atom. The number of carbonyl (C=O) groups is 1.